The second-order valence-electron chi connectivity index (χ2n) is 4.07. The molecule has 0 amide bonds. The predicted octanol–water partition coefficient (Wildman–Crippen LogP) is 2.26. The van der Waals surface area contributed by atoms with Crippen molar-refractivity contribution in [3.63, 3.8) is 0 Å². The summed E-state index contributed by atoms with van der Waals surface area (Å²) in [4.78, 5) is 11.2. The smallest absolute Gasteiger partial charge is 0.303 e. The minimum Gasteiger partial charge on any atom is -0.454 e. The zero-order valence-corrected chi connectivity index (χ0v) is 9.44. The van der Waals surface area contributed by atoms with E-state index in [9.17, 15) is 4.79 Å². The molecular formula is C13H16O3. The van der Waals surface area contributed by atoms with E-state index < -0.39 is 5.60 Å². The molecule has 3 nitrogen and oxygen atoms in total. The number of hydrogen-bond acceptors (Lipinski definition) is 3. The average Bonchev–Trinajstić information content (AvgIpc) is 2.30. The van der Waals surface area contributed by atoms with E-state index in [1.165, 1.54) is 6.92 Å². The van der Waals surface area contributed by atoms with Gasteiger partial charge in [0.25, 0.3) is 0 Å². The van der Waals surface area contributed by atoms with Crippen molar-refractivity contribution in [2.75, 3.05) is 13.2 Å². The maximum Gasteiger partial charge on any atom is 0.303 e. The third kappa shape index (κ3) is 2.25. The van der Waals surface area contributed by atoms with Gasteiger partial charge in [0.2, 0.25) is 0 Å². The molecule has 2 rings (SSSR count). The summed E-state index contributed by atoms with van der Waals surface area (Å²) in [5.74, 6) is -0.231. The van der Waals surface area contributed by atoms with E-state index in [4.69, 9.17) is 9.47 Å². The van der Waals surface area contributed by atoms with Crippen LogP contribution in [0.4, 0.5) is 0 Å². The Hall–Kier alpha value is -1.35. The van der Waals surface area contributed by atoms with Gasteiger partial charge in [-0.05, 0) is 5.56 Å². The van der Waals surface area contributed by atoms with E-state index in [1.54, 1.807) is 0 Å². The maximum atomic E-state index is 11.2. The van der Waals surface area contributed by atoms with Crippen LogP contribution in [0.25, 0.3) is 0 Å². The Labute approximate surface area is 95.4 Å². The van der Waals surface area contributed by atoms with Gasteiger partial charge in [-0.15, -0.1) is 0 Å². The molecule has 1 fully saturated rings. The van der Waals surface area contributed by atoms with Gasteiger partial charge in [0.05, 0.1) is 13.2 Å². The number of hydrogen-bond donors (Lipinski definition) is 0. The maximum absolute atomic E-state index is 11.2. The first-order valence-corrected chi connectivity index (χ1v) is 5.56. The van der Waals surface area contributed by atoms with Crippen LogP contribution >= 0.6 is 0 Å². The second kappa shape index (κ2) is 4.66. The highest BCUT2D eigenvalue weighted by Gasteiger charge is 2.37. The Morgan fingerprint density at radius 3 is 2.44 bits per heavy atom. The van der Waals surface area contributed by atoms with Crippen molar-refractivity contribution in [1.29, 1.82) is 0 Å². The van der Waals surface area contributed by atoms with Crippen LogP contribution in [-0.2, 0) is 19.9 Å². The summed E-state index contributed by atoms with van der Waals surface area (Å²) >= 11 is 0. The third-order valence-electron chi connectivity index (χ3n) is 2.94. The first-order valence-electron chi connectivity index (χ1n) is 5.56. The normalized spacial score (nSPS) is 19.1. The average molecular weight is 220 g/mol. The molecule has 3 heteroatoms. The highest BCUT2D eigenvalue weighted by molar-refractivity contribution is 5.66. The molecule has 0 unspecified atom stereocenters. The van der Waals surface area contributed by atoms with Crippen molar-refractivity contribution in [2.24, 2.45) is 0 Å². The van der Waals surface area contributed by atoms with Crippen molar-refractivity contribution >= 4 is 5.97 Å². The molecule has 1 aliphatic rings. The molecule has 0 saturated carbocycles. The number of carbonyl (C=O) groups excluding carboxylic acids is 1. The van der Waals surface area contributed by atoms with Gasteiger partial charge in [0.15, 0.2) is 0 Å². The lowest BCUT2D eigenvalue weighted by Crippen LogP contribution is -2.37. The molecule has 86 valence electrons. The summed E-state index contributed by atoms with van der Waals surface area (Å²) in [7, 11) is 0. The molecule has 1 heterocycles. The van der Waals surface area contributed by atoms with Gasteiger partial charge in [0, 0.05) is 19.8 Å². The summed E-state index contributed by atoms with van der Waals surface area (Å²) in [6, 6.07) is 9.92. The second-order valence-corrected chi connectivity index (χ2v) is 4.07. The van der Waals surface area contributed by atoms with Gasteiger partial charge < -0.3 is 9.47 Å². The summed E-state index contributed by atoms with van der Waals surface area (Å²) in [6.45, 7) is 2.74. The highest BCUT2D eigenvalue weighted by atomic mass is 16.6. The quantitative estimate of drug-likeness (QED) is 0.717. The van der Waals surface area contributed by atoms with E-state index in [1.807, 2.05) is 30.3 Å². The van der Waals surface area contributed by atoms with Gasteiger partial charge in [0.1, 0.15) is 5.60 Å². The molecule has 0 spiro atoms. The van der Waals surface area contributed by atoms with E-state index >= 15 is 0 Å². The lowest BCUT2D eigenvalue weighted by Gasteiger charge is -2.36. The standard InChI is InChI=1S/C13H16O3/c1-11(14)16-13(7-9-15-10-8-13)12-5-3-2-4-6-12/h2-6H,7-10H2,1H3. The third-order valence-corrected chi connectivity index (χ3v) is 2.94. The van der Waals surface area contributed by atoms with E-state index in [2.05, 4.69) is 0 Å². The number of carbonyl (C=O) groups is 1. The van der Waals surface area contributed by atoms with E-state index in [0.717, 1.165) is 18.4 Å². The Morgan fingerprint density at radius 1 is 1.25 bits per heavy atom. The molecule has 1 saturated heterocycles. The molecule has 0 aromatic heterocycles. The fourth-order valence-electron chi connectivity index (χ4n) is 2.17. The van der Waals surface area contributed by atoms with Gasteiger partial charge in [-0.2, -0.15) is 0 Å². The van der Waals surface area contributed by atoms with Crippen LogP contribution < -0.4 is 0 Å². The fourth-order valence-corrected chi connectivity index (χ4v) is 2.17. The van der Waals surface area contributed by atoms with Gasteiger partial charge in [-0.1, -0.05) is 30.3 Å². The van der Waals surface area contributed by atoms with Crippen molar-refractivity contribution < 1.29 is 14.3 Å². The summed E-state index contributed by atoms with van der Waals surface area (Å²) in [6.07, 6.45) is 1.47. The van der Waals surface area contributed by atoms with Gasteiger partial charge >= 0.3 is 5.97 Å². The molecule has 0 aliphatic carbocycles. The van der Waals surface area contributed by atoms with Crippen molar-refractivity contribution in [3.8, 4) is 0 Å². The molecule has 0 N–H and O–H groups in total. The summed E-state index contributed by atoms with van der Waals surface area (Å²) in [5.41, 5.74) is 0.583. The Morgan fingerprint density at radius 2 is 1.88 bits per heavy atom. The lowest BCUT2D eigenvalue weighted by molar-refractivity contribution is -0.168. The zero-order chi connectivity index (χ0) is 11.4. The van der Waals surface area contributed by atoms with Crippen LogP contribution in [0.2, 0.25) is 0 Å². The number of benzene rings is 1. The molecule has 0 bridgehead atoms. The summed E-state index contributed by atoms with van der Waals surface area (Å²) in [5, 5.41) is 0. The van der Waals surface area contributed by atoms with Crippen molar-refractivity contribution in [3.05, 3.63) is 35.9 Å². The Balaban J connectivity index is 2.29. The largest absolute Gasteiger partial charge is 0.454 e. The highest BCUT2D eigenvalue weighted by Crippen LogP contribution is 2.35. The molecule has 1 aromatic carbocycles. The minimum absolute atomic E-state index is 0.231. The lowest BCUT2D eigenvalue weighted by atomic mass is 9.86. The molecule has 1 aromatic rings. The fraction of sp³-hybridized carbons (Fsp3) is 0.462. The van der Waals surface area contributed by atoms with Crippen LogP contribution in [0, 0.1) is 0 Å². The molecular weight excluding hydrogens is 204 g/mol. The summed E-state index contributed by atoms with van der Waals surface area (Å²) < 4.78 is 10.9. The number of esters is 1. The zero-order valence-electron chi connectivity index (χ0n) is 9.44. The van der Waals surface area contributed by atoms with Crippen LogP contribution in [-0.4, -0.2) is 19.2 Å². The van der Waals surface area contributed by atoms with E-state index in [0.29, 0.717) is 13.2 Å². The van der Waals surface area contributed by atoms with Gasteiger partial charge in [-0.25, -0.2) is 0 Å². The van der Waals surface area contributed by atoms with Crippen molar-refractivity contribution in [1.82, 2.24) is 0 Å². The van der Waals surface area contributed by atoms with Crippen LogP contribution in [0.3, 0.4) is 0 Å². The minimum atomic E-state index is -0.481. The topological polar surface area (TPSA) is 35.5 Å². The number of ether oxygens (including phenoxy) is 2. The van der Waals surface area contributed by atoms with Gasteiger partial charge in [-0.3, -0.25) is 4.79 Å². The van der Waals surface area contributed by atoms with Crippen LogP contribution in [0.1, 0.15) is 25.3 Å². The van der Waals surface area contributed by atoms with E-state index in [-0.39, 0.29) is 5.97 Å². The van der Waals surface area contributed by atoms with Crippen LogP contribution in [0.5, 0.6) is 0 Å². The Bertz CT molecular complexity index is 353. The van der Waals surface area contributed by atoms with Crippen LogP contribution in [0.15, 0.2) is 30.3 Å². The number of rotatable bonds is 2. The molecule has 0 radical (unpaired) electrons. The SMILES string of the molecule is CC(=O)OC1(c2ccccc2)CCOCC1. The monoisotopic (exact) mass is 220 g/mol. The first kappa shape index (κ1) is 11.1. The van der Waals surface area contributed by atoms with Crippen molar-refractivity contribution in [2.45, 2.75) is 25.4 Å². The molecule has 0 atom stereocenters. The first-order chi connectivity index (χ1) is 7.73. The Kier molecular flexibility index (Phi) is 3.25. The molecule has 16 heavy (non-hydrogen) atoms. The predicted molar refractivity (Wildman–Crippen MR) is 59.9 cm³/mol. The molecule has 1 aliphatic heterocycles.